The fourth-order valence-corrected chi connectivity index (χ4v) is 3.19. The van der Waals surface area contributed by atoms with Crippen LogP contribution in [0.4, 0.5) is 0 Å². The molecular weight excluding hydrogens is 240 g/mol. The molecule has 19 heavy (non-hydrogen) atoms. The van der Waals surface area contributed by atoms with Gasteiger partial charge in [0, 0.05) is 31.5 Å². The van der Waals surface area contributed by atoms with E-state index >= 15 is 0 Å². The van der Waals surface area contributed by atoms with Gasteiger partial charge in [0.25, 0.3) is 0 Å². The summed E-state index contributed by atoms with van der Waals surface area (Å²) in [6, 6.07) is 0.553. The van der Waals surface area contributed by atoms with Crippen molar-refractivity contribution in [3.05, 3.63) is 0 Å². The second-order valence-corrected chi connectivity index (χ2v) is 5.86. The van der Waals surface area contributed by atoms with Gasteiger partial charge in [0.15, 0.2) is 0 Å². The highest BCUT2D eigenvalue weighted by Gasteiger charge is 2.26. The summed E-state index contributed by atoms with van der Waals surface area (Å²) < 4.78 is 5.64. The molecule has 1 amide bonds. The molecule has 4 nitrogen and oxygen atoms in total. The van der Waals surface area contributed by atoms with Crippen molar-refractivity contribution in [1.82, 2.24) is 10.6 Å². The lowest BCUT2D eigenvalue weighted by molar-refractivity contribution is -0.121. The lowest BCUT2D eigenvalue weighted by Crippen LogP contribution is -2.36. The van der Waals surface area contributed by atoms with Crippen molar-refractivity contribution in [1.29, 1.82) is 0 Å². The van der Waals surface area contributed by atoms with Crippen molar-refractivity contribution in [3.63, 3.8) is 0 Å². The van der Waals surface area contributed by atoms with E-state index in [4.69, 9.17) is 4.74 Å². The molecule has 110 valence electrons. The average Bonchev–Trinajstić information content (AvgIpc) is 2.91. The Bertz CT molecular complexity index is 277. The molecular formula is C15H28N2O2. The first-order valence-corrected chi connectivity index (χ1v) is 7.91. The Morgan fingerprint density at radius 2 is 2.26 bits per heavy atom. The summed E-state index contributed by atoms with van der Waals surface area (Å²) in [6.07, 6.45) is 7.92. The van der Waals surface area contributed by atoms with E-state index in [-0.39, 0.29) is 5.91 Å². The van der Waals surface area contributed by atoms with Crippen LogP contribution in [-0.2, 0) is 9.53 Å². The molecule has 0 aromatic carbocycles. The minimum absolute atomic E-state index is 0.203. The largest absolute Gasteiger partial charge is 0.378 e. The summed E-state index contributed by atoms with van der Waals surface area (Å²) in [7, 11) is 0. The zero-order valence-electron chi connectivity index (χ0n) is 12.1. The molecule has 0 aromatic rings. The maximum absolute atomic E-state index is 11.9. The van der Waals surface area contributed by atoms with Gasteiger partial charge in [-0.05, 0) is 38.6 Å². The van der Waals surface area contributed by atoms with Crippen LogP contribution < -0.4 is 10.6 Å². The predicted octanol–water partition coefficient (Wildman–Crippen LogP) is 1.84. The third kappa shape index (κ3) is 4.77. The van der Waals surface area contributed by atoms with Crippen molar-refractivity contribution in [2.45, 2.75) is 64.0 Å². The standard InChI is InChI=1S/C15H28N2O2/c1-2-14-12(8-10-19-14)11-17-15(18)7-6-13-5-3-4-9-16-13/h12-14,16H,2-11H2,1H3,(H,17,18). The molecule has 2 aliphatic rings. The third-order valence-corrected chi connectivity index (χ3v) is 4.44. The second-order valence-electron chi connectivity index (χ2n) is 5.86. The monoisotopic (exact) mass is 268 g/mol. The van der Waals surface area contributed by atoms with Gasteiger partial charge < -0.3 is 15.4 Å². The molecule has 0 aromatic heterocycles. The molecule has 4 heteroatoms. The first-order chi connectivity index (χ1) is 9.29. The number of carbonyl (C=O) groups excluding carboxylic acids is 1. The molecule has 3 atom stereocenters. The van der Waals surface area contributed by atoms with E-state index in [0.717, 1.165) is 39.0 Å². The fourth-order valence-electron chi connectivity index (χ4n) is 3.19. The Morgan fingerprint density at radius 1 is 1.37 bits per heavy atom. The molecule has 0 aliphatic carbocycles. The number of hydrogen-bond donors (Lipinski definition) is 2. The van der Waals surface area contributed by atoms with Gasteiger partial charge >= 0.3 is 0 Å². The summed E-state index contributed by atoms with van der Waals surface area (Å²) in [5.41, 5.74) is 0. The molecule has 2 heterocycles. The van der Waals surface area contributed by atoms with Crippen LogP contribution in [0.5, 0.6) is 0 Å². The Kier molecular flexibility index (Phi) is 6.11. The van der Waals surface area contributed by atoms with Crippen molar-refractivity contribution in [3.8, 4) is 0 Å². The van der Waals surface area contributed by atoms with Crippen molar-refractivity contribution in [2.24, 2.45) is 5.92 Å². The highest BCUT2D eigenvalue weighted by atomic mass is 16.5. The van der Waals surface area contributed by atoms with Gasteiger partial charge in [-0.3, -0.25) is 4.79 Å². The number of carbonyl (C=O) groups is 1. The molecule has 2 rings (SSSR count). The lowest BCUT2D eigenvalue weighted by Gasteiger charge is -2.23. The van der Waals surface area contributed by atoms with Crippen molar-refractivity contribution >= 4 is 5.91 Å². The smallest absolute Gasteiger partial charge is 0.220 e. The Hall–Kier alpha value is -0.610. The molecule has 2 fully saturated rings. The number of rotatable bonds is 6. The van der Waals surface area contributed by atoms with Crippen LogP contribution >= 0.6 is 0 Å². The van der Waals surface area contributed by atoms with Crippen LogP contribution in [0.25, 0.3) is 0 Å². The topological polar surface area (TPSA) is 50.4 Å². The minimum Gasteiger partial charge on any atom is -0.378 e. The maximum atomic E-state index is 11.9. The first kappa shape index (κ1) is 14.8. The van der Waals surface area contributed by atoms with Crippen LogP contribution in [0.3, 0.4) is 0 Å². The summed E-state index contributed by atoms with van der Waals surface area (Å²) in [5, 5.41) is 6.57. The van der Waals surface area contributed by atoms with E-state index < -0.39 is 0 Å². The number of amides is 1. The molecule has 0 bridgehead atoms. The molecule has 0 saturated carbocycles. The van der Waals surface area contributed by atoms with E-state index in [2.05, 4.69) is 17.6 Å². The molecule has 3 unspecified atom stereocenters. The average molecular weight is 268 g/mol. The molecule has 0 spiro atoms. The molecule has 2 aliphatic heterocycles. The second kappa shape index (κ2) is 7.85. The maximum Gasteiger partial charge on any atom is 0.220 e. The first-order valence-electron chi connectivity index (χ1n) is 7.91. The van der Waals surface area contributed by atoms with Crippen molar-refractivity contribution in [2.75, 3.05) is 19.7 Å². The summed E-state index contributed by atoms with van der Waals surface area (Å²) in [5.74, 6) is 0.718. The third-order valence-electron chi connectivity index (χ3n) is 4.44. The Morgan fingerprint density at radius 3 is 3.00 bits per heavy atom. The Balaban J connectivity index is 1.58. The van der Waals surface area contributed by atoms with E-state index in [1.807, 2.05) is 0 Å². The van der Waals surface area contributed by atoms with Gasteiger partial charge in [0.05, 0.1) is 6.10 Å². The zero-order valence-corrected chi connectivity index (χ0v) is 12.1. The van der Waals surface area contributed by atoms with Gasteiger partial charge in [0.2, 0.25) is 5.91 Å². The van der Waals surface area contributed by atoms with E-state index in [0.29, 0.717) is 24.5 Å². The highest BCUT2D eigenvalue weighted by molar-refractivity contribution is 5.75. The number of ether oxygens (including phenoxy) is 1. The predicted molar refractivity (Wildman–Crippen MR) is 76.0 cm³/mol. The van der Waals surface area contributed by atoms with Gasteiger partial charge in [-0.15, -0.1) is 0 Å². The number of nitrogens with one attached hydrogen (secondary N) is 2. The quantitative estimate of drug-likeness (QED) is 0.773. The van der Waals surface area contributed by atoms with E-state index in [1.54, 1.807) is 0 Å². The lowest BCUT2D eigenvalue weighted by atomic mass is 9.99. The number of piperidine rings is 1. The Labute approximate surface area is 116 Å². The van der Waals surface area contributed by atoms with Crippen LogP contribution in [0.1, 0.15) is 51.9 Å². The fraction of sp³-hybridized carbons (Fsp3) is 0.933. The van der Waals surface area contributed by atoms with E-state index in [9.17, 15) is 4.79 Å². The van der Waals surface area contributed by atoms with Gasteiger partial charge in [-0.2, -0.15) is 0 Å². The highest BCUT2D eigenvalue weighted by Crippen LogP contribution is 2.22. The normalized spacial score (nSPS) is 31.3. The van der Waals surface area contributed by atoms with E-state index in [1.165, 1.54) is 19.3 Å². The van der Waals surface area contributed by atoms with Gasteiger partial charge in [-0.1, -0.05) is 13.3 Å². The van der Waals surface area contributed by atoms with Crippen LogP contribution in [0, 0.1) is 5.92 Å². The SMILES string of the molecule is CCC1OCCC1CNC(=O)CCC1CCCCN1. The summed E-state index contributed by atoms with van der Waals surface area (Å²) in [6.45, 7) is 4.91. The molecule has 0 radical (unpaired) electrons. The van der Waals surface area contributed by atoms with Crippen LogP contribution in [-0.4, -0.2) is 37.7 Å². The number of hydrogen-bond acceptors (Lipinski definition) is 3. The summed E-state index contributed by atoms with van der Waals surface area (Å²) in [4.78, 5) is 11.9. The molecule has 2 N–H and O–H groups in total. The van der Waals surface area contributed by atoms with Crippen LogP contribution in [0.15, 0.2) is 0 Å². The van der Waals surface area contributed by atoms with Gasteiger partial charge in [-0.25, -0.2) is 0 Å². The summed E-state index contributed by atoms with van der Waals surface area (Å²) >= 11 is 0. The van der Waals surface area contributed by atoms with Crippen molar-refractivity contribution < 1.29 is 9.53 Å². The van der Waals surface area contributed by atoms with Gasteiger partial charge in [0.1, 0.15) is 0 Å². The van der Waals surface area contributed by atoms with Crippen LogP contribution in [0.2, 0.25) is 0 Å². The zero-order chi connectivity index (χ0) is 13.5. The molecule has 2 saturated heterocycles. The minimum atomic E-state index is 0.203.